The van der Waals surface area contributed by atoms with Crippen LogP contribution >= 0.6 is 34.2 Å². The first-order valence-corrected chi connectivity index (χ1v) is 6.99. The molecule has 0 spiro atoms. The third kappa shape index (κ3) is 5.21. The van der Waals surface area contributed by atoms with Gasteiger partial charge in [0.25, 0.3) is 0 Å². The zero-order chi connectivity index (χ0) is 11.8. The molecule has 88 valence electrons. The van der Waals surface area contributed by atoms with E-state index in [0.29, 0.717) is 0 Å². The minimum atomic E-state index is 0.804. The lowest BCUT2D eigenvalue weighted by molar-refractivity contribution is 0.709. The molecule has 0 saturated heterocycles. The zero-order valence-corrected chi connectivity index (χ0v) is 12.2. The second-order valence-electron chi connectivity index (χ2n) is 3.69. The Hall–Kier alpha value is -0.220. The second-order valence-corrected chi connectivity index (χ2v) is 5.34. The van der Waals surface area contributed by atoms with Crippen molar-refractivity contribution in [2.45, 2.75) is 25.7 Å². The van der Waals surface area contributed by atoms with Crippen LogP contribution in [0.2, 0.25) is 5.02 Å². The average molecular weight is 350 g/mol. The van der Waals surface area contributed by atoms with Crippen LogP contribution in [0.5, 0.6) is 0 Å². The van der Waals surface area contributed by atoms with E-state index >= 15 is 0 Å². The molecule has 0 amide bonds. The molecule has 1 N–H and O–H groups in total. The van der Waals surface area contributed by atoms with Crippen molar-refractivity contribution in [1.82, 2.24) is 0 Å². The first-order valence-electron chi connectivity index (χ1n) is 5.54. The van der Waals surface area contributed by atoms with Gasteiger partial charge in [-0.2, -0.15) is 0 Å². The van der Waals surface area contributed by atoms with Crippen molar-refractivity contribution in [2.24, 2.45) is 0 Å². The largest absolute Gasteiger partial charge is 0.384 e. The number of hydrogen-bond acceptors (Lipinski definition) is 1. The van der Waals surface area contributed by atoms with E-state index in [1.54, 1.807) is 0 Å². The molecule has 0 aromatic heterocycles. The lowest BCUT2D eigenvalue weighted by atomic mass is 10.2. The van der Waals surface area contributed by atoms with Crippen molar-refractivity contribution in [2.75, 3.05) is 11.9 Å². The van der Waals surface area contributed by atoms with E-state index in [9.17, 15) is 0 Å². The highest BCUT2D eigenvalue weighted by atomic mass is 127. The van der Waals surface area contributed by atoms with Crippen LogP contribution in [0.15, 0.2) is 30.9 Å². The zero-order valence-electron chi connectivity index (χ0n) is 9.31. The smallest absolute Gasteiger partial charge is 0.0648 e. The fraction of sp³-hybridized carbons (Fsp3) is 0.385. The van der Waals surface area contributed by atoms with E-state index in [2.05, 4.69) is 40.6 Å². The summed E-state index contributed by atoms with van der Waals surface area (Å²) >= 11 is 8.37. The van der Waals surface area contributed by atoms with Gasteiger partial charge in [0.15, 0.2) is 0 Å². The van der Waals surface area contributed by atoms with Crippen LogP contribution in [0.25, 0.3) is 0 Å². The number of halogens is 2. The summed E-state index contributed by atoms with van der Waals surface area (Å²) < 4.78 is 1.17. The molecule has 1 aromatic rings. The van der Waals surface area contributed by atoms with Gasteiger partial charge in [-0.05, 0) is 60.1 Å². The van der Waals surface area contributed by atoms with Gasteiger partial charge in [-0.15, -0.1) is 6.58 Å². The van der Waals surface area contributed by atoms with E-state index in [1.807, 2.05) is 18.2 Å². The number of rotatable bonds is 7. The fourth-order valence-electron chi connectivity index (χ4n) is 1.45. The Morgan fingerprint density at radius 2 is 2.12 bits per heavy atom. The number of benzene rings is 1. The summed E-state index contributed by atoms with van der Waals surface area (Å²) in [7, 11) is 0. The van der Waals surface area contributed by atoms with Crippen LogP contribution in [-0.2, 0) is 0 Å². The number of allylic oxidation sites excluding steroid dienone is 1. The molecular formula is C13H17ClIN. The maximum absolute atomic E-state index is 6.11. The summed E-state index contributed by atoms with van der Waals surface area (Å²) in [6, 6.07) is 6.07. The molecule has 0 unspecified atom stereocenters. The fourth-order valence-corrected chi connectivity index (χ4v) is 2.37. The second kappa shape index (κ2) is 7.96. The third-order valence-corrected chi connectivity index (χ3v) is 3.32. The van der Waals surface area contributed by atoms with E-state index in [-0.39, 0.29) is 0 Å². The molecule has 0 atom stereocenters. The Labute approximate surface area is 116 Å². The molecular weight excluding hydrogens is 333 g/mol. The van der Waals surface area contributed by atoms with Gasteiger partial charge < -0.3 is 5.32 Å². The maximum Gasteiger partial charge on any atom is 0.0648 e. The van der Waals surface area contributed by atoms with Crippen molar-refractivity contribution in [1.29, 1.82) is 0 Å². The molecule has 0 heterocycles. The normalized spacial score (nSPS) is 10.1. The highest BCUT2D eigenvalue weighted by molar-refractivity contribution is 14.1. The van der Waals surface area contributed by atoms with E-state index in [1.165, 1.54) is 22.8 Å². The van der Waals surface area contributed by atoms with Crippen LogP contribution in [-0.4, -0.2) is 6.54 Å². The van der Waals surface area contributed by atoms with Gasteiger partial charge in [-0.3, -0.25) is 0 Å². The van der Waals surface area contributed by atoms with Gasteiger partial charge >= 0.3 is 0 Å². The molecule has 0 aliphatic carbocycles. The molecule has 1 aromatic carbocycles. The quantitative estimate of drug-likeness (QED) is 0.410. The van der Waals surface area contributed by atoms with Crippen molar-refractivity contribution in [3.63, 3.8) is 0 Å². The first-order chi connectivity index (χ1) is 7.74. The molecule has 1 nitrogen and oxygen atoms in total. The topological polar surface area (TPSA) is 12.0 Å². The summed E-state index contributed by atoms with van der Waals surface area (Å²) in [5.41, 5.74) is 1.03. The number of nitrogens with one attached hydrogen (secondary N) is 1. The predicted molar refractivity (Wildman–Crippen MR) is 81.3 cm³/mol. The van der Waals surface area contributed by atoms with Crippen LogP contribution < -0.4 is 5.32 Å². The molecule has 0 saturated carbocycles. The highest BCUT2D eigenvalue weighted by Gasteiger charge is 1.99. The highest BCUT2D eigenvalue weighted by Crippen LogP contribution is 2.23. The van der Waals surface area contributed by atoms with Crippen molar-refractivity contribution in [3.05, 3.63) is 39.4 Å². The molecule has 0 fully saturated rings. The molecule has 0 aliphatic heterocycles. The monoisotopic (exact) mass is 349 g/mol. The standard InChI is InChI=1S/C13H17ClIN/c1-2-3-4-5-6-9-16-13-8-7-11(15)10-12(13)14/h2,7-8,10,16H,1,3-6,9H2. The van der Waals surface area contributed by atoms with Crippen molar-refractivity contribution in [3.8, 4) is 0 Å². The van der Waals surface area contributed by atoms with Gasteiger partial charge in [0.1, 0.15) is 0 Å². The minimum absolute atomic E-state index is 0.804. The van der Waals surface area contributed by atoms with Crippen molar-refractivity contribution >= 4 is 39.9 Å². The molecule has 16 heavy (non-hydrogen) atoms. The number of hydrogen-bond donors (Lipinski definition) is 1. The van der Waals surface area contributed by atoms with Crippen LogP contribution in [0.4, 0.5) is 5.69 Å². The molecule has 0 bridgehead atoms. The van der Waals surface area contributed by atoms with E-state index in [4.69, 9.17) is 11.6 Å². The predicted octanol–water partition coefficient (Wildman–Crippen LogP) is 5.10. The molecule has 0 radical (unpaired) electrons. The van der Waals surface area contributed by atoms with Crippen LogP contribution in [0.1, 0.15) is 25.7 Å². The Bertz CT molecular complexity index is 339. The lowest BCUT2D eigenvalue weighted by Crippen LogP contribution is -2.01. The van der Waals surface area contributed by atoms with E-state index < -0.39 is 0 Å². The third-order valence-electron chi connectivity index (χ3n) is 2.33. The minimum Gasteiger partial charge on any atom is -0.384 e. The van der Waals surface area contributed by atoms with Gasteiger partial charge in [0.05, 0.1) is 10.7 Å². The SMILES string of the molecule is C=CCCCCCNc1ccc(I)cc1Cl. The van der Waals surface area contributed by atoms with Crippen LogP contribution in [0.3, 0.4) is 0 Å². The van der Waals surface area contributed by atoms with Crippen molar-refractivity contribution < 1.29 is 0 Å². The van der Waals surface area contributed by atoms with Crippen LogP contribution in [0, 0.1) is 3.57 Å². The number of unbranched alkanes of at least 4 members (excludes halogenated alkanes) is 3. The summed E-state index contributed by atoms with van der Waals surface area (Å²) in [4.78, 5) is 0. The average Bonchev–Trinajstić information content (AvgIpc) is 2.26. The van der Waals surface area contributed by atoms with Gasteiger partial charge in [0, 0.05) is 10.1 Å². The Morgan fingerprint density at radius 1 is 1.31 bits per heavy atom. The maximum atomic E-state index is 6.11. The van der Waals surface area contributed by atoms with Gasteiger partial charge in [-0.25, -0.2) is 0 Å². The summed E-state index contributed by atoms with van der Waals surface area (Å²) in [6.45, 7) is 4.70. The van der Waals surface area contributed by atoms with Gasteiger partial charge in [-0.1, -0.05) is 24.1 Å². The lowest BCUT2D eigenvalue weighted by Gasteiger charge is -2.08. The van der Waals surface area contributed by atoms with E-state index in [0.717, 1.165) is 23.7 Å². The summed E-state index contributed by atoms with van der Waals surface area (Å²) in [6.07, 6.45) is 6.73. The Balaban J connectivity index is 2.24. The molecule has 3 heteroatoms. The summed E-state index contributed by atoms with van der Waals surface area (Å²) in [5.74, 6) is 0. The number of anilines is 1. The van der Waals surface area contributed by atoms with Gasteiger partial charge in [0.2, 0.25) is 0 Å². The molecule has 1 rings (SSSR count). The first kappa shape index (κ1) is 13.8. The Morgan fingerprint density at radius 3 is 2.81 bits per heavy atom. The Kier molecular flexibility index (Phi) is 6.88. The molecule has 0 aliphatic rings. The summed E-state index contributed by atoms with van der Waals surface area (Å²) in [5, 5.41) is 4.16.